The van der Waals surface area contributed by atoms with E-state index in [-0.39, 0.29) is 5.41 Å². The summed E-state index contributed by atoms with van der Waals surface area (Å²) in [6.45, 7) is 4.73. The maximum atomic E-state index is 2.49. The second-order valence-corrected chi connectivity index (χ2v) is 10.1. The highest BCUT2D eigenvalue weighted by Crippen LogP contribution is 2.53. The zero-order valence-corrected chi connectivity index (χ0v) is 18.3. The summed E-state index contributed by atoms with van der Waals surface area (Å²) < 4.78 is 5.19. The molecule has 0 saturated heterocycles. The molecule has 1 aliphatic carbocycles. The fourth-order valence-electron chi connectivity index (χ4n) is 5.62. The van der Waals surface area contributed by atoms with Crippen LogP contribution in [0.4, 0.5) is 0 Å². The van der Waals surface area contributed by atoms with Crippen LogP contribution in [-0.2, 0) is 5.41 Å². The number of thiophene rings is 1. The predicted octanol–water partition coefficient (Wildman–Crippen LogP) is 8.30. The van der Waals surface area contributed by atoms with E-state index >= 15 is 0 Å². The molecule has 0 aliphatic heterocycles. The topological polar surface area (TPSA) is 4.93 Å². The first-order valence-electron chi connectivity index (χ1n) is 10.8. The minimum absolute atomic E-state index is 0.0179. The number of hydrogen-bond acceptors (Lipinski definition) is 1. The maximum Gasteiger partial charge on any atom is 0.0584 e. The Morgan fingerprint density at radius 1 is 0.677 bits per heavy atom. The number of rotatable bonds is 1. The van der Waals surface area contributed by atoms with Gasteiger partial charge in [0.25, 0.3) is 0 Å². The first kappa shape index (κ1) is 17.3. The zero-order valence-electron chi connectivity index (χ0n) is 17.5. The van der Waals surface area contributed by atoms with E-state index in [1.165, 1.54) is 59.1 Å². The number of hydrogen-bond donors (Lipinski definition) is 0. The van der Waals surface area contributed by atoms with E-state index in [4.69, 9.17) is 0 Å². The molecular formula is C29H21NS. The molecule has 1 aliphatic rings. The molecule has 4 aromatic carbocycles. The van der Waals surface area contributed by atoms with Crippen molar-refractivity contribution in [3.63, 3.8) is 0 Å². The number of fused-ring (bicyclic) bond motifs is 8. The van der Waals surface area contributed by atoms with Crippen molar-refractivity contribution in [2.24, 2.45) is 0 Å². The largest absolute Gasteiger partial charge is 0.309 e. The molecule has 7 rings (SSSR count). The van der Waals surface area contributed by atoms with Crippen LogP contribution in [0.1, 0.15) is 25.0 Å². The Bertz CT molecular complexity index is 1660. The molecule has 0 radical (unpaired) electrons. The molecule has 2 aromatic heterocycles. The predicted molar refractivity (Wildman–Crippen MR) is 134 cm³/mol. The number of benzene rings is 4. The van der Waals surface area contributed by atoms with Gasteiger partial charge in [-0.3, -0.25) is 0 Å². The van der Waals surface area contributed by atoms with Crippen molar-refractivity contribution in [2.75, 3.05) is 0 Å². The van der Waals surface area contributed by atoms with Gasteiger partial charge in [0.05, 0.1) is 11.2 Å². The Kier molecular flexibility index (Phi) is 3.28. The lowest BCUT2D eigenvalue weighted by Crippen LogP contribution is -2.14. The fourth-order valence-corrected chi connectivity index (χ4v) is 6.70. The van der Waals surface area contributed by atoms with E-state index in [1.807, 2.05) is 11.3 Å². The highest BCUT2D eigenvalue weighted by Gasteiger charge is 2.40. The highest BCUT2D eigenvalue weighted by molar-refractivity contribution is 7.25. The molecule has 0 fully saturated rings. The van der Waals surface area contributed by atoms with Gasteiger partial charge in [0.15, 0.2) is 0 Å². The summed E-state index contributed by atoms with van der Waals surface area (Å²) in [6.07, 6.45) is 0. The molecule has 0 unspecified atom stereocenters. The van der Waals surface area contributed by atoms with E-state index in [9.17, 15) is 0 Å². The van der Waals surface area contributed by atoms with E-state index in [0.29, 0.717) is 0 Å². The summed E-state index contributed by atoms with van der Waals surface area (Å²) in [5.74, 6) is 0. The molecular weight excluding hydrogens is 394 g/mol. The Balaban J connectivity index is 1.63. The molecule has 0 N–H and O–H groups in total. The van der Waals surface area contributed by atoms with Crippen LogP contribution < -0.4 is 0 Å². The molecule has 2 heteroatoms. The Morgan fingerprint density at radius 3 is 2.29 bits per heavy atom. The molecule has 0 bridgehead atoms. The molecule has 1 nitrogen and oxygen atoms in total. The van der Waals surface area contributed by atoms with Gasteiger partial charge in [0, 0.05) is 42.2 Å². The normalized spacial score (nSPS) is 14.4. The third-order valence-corrected chi connectivity index (χ3v) is 8.13. The molecule has 0 spiro atoms. The first-order chi connectivity index (χ1) is 15.1. The van der Waals surface area contributed by atoms with Gasteiger partial charge in [-0.15, -0.1) is 11.3 Å². The number of aromatic nitrogens is 1. The summed E-state index contributed by atoms with van der Waals surface area (Å²) in [7, 11) is 0. The van der Waals surface area contributed by atoms with Crippen molar-refractivity contribution < 1.29 is 0 Å². The second-order valence-electron chi connectivity index (χ2n) is 9.03. The van der Waals surface area contributed by atoms with Crippen LogP contribution in [0, 0.1) is 0 Å². The van der Waals surface area contributed by atoms with E-state index < -0.39 is 0 Å². The quantitative estimate of drug-likeness (QED) is 0.254. The summed E-state index contributed by atoms with van der Waals surface area (Å²) in [6, 6.07) is 33.5. The molecule has 31 heavy (non-hydrogen) atoms. The van der Waals surface area contributed by atoms with Crippen molar-refractivity contribution >= 4 is 42.4 Å². The fraction of sp³-hybridized carbons (Fsp3) is 0.103. The van der Waals surface area contributed by atoms with Crippen LogP contribution in [0.15, 0.2) is 91.0 Å². The molecule has 0 saturated carbocycles. The van der Waals surface area contributed by atoms with Gasteiger partial charge >= 0.3 is 0 Å². The van der Waals surface area contributed by atoms with Crippen molar-refractivity contribution in [3.05, 3.63) is 102 Å². The minimum atomic E-state index is -0.0179. The van der Waals surface area contributed by atoms with Crippen LogP contribution in [0.2, 0.25) is 0 Å². The standard InChI is InChI=1S/C29H21NS/c1-29(2)23-12-6-3-10-20(23)28-27(29)21-11-4-7-13-24(21)30(28)18-15-16-26-22(17-18)19-9-5-8-14-25(19)31-26/h3-17H,1-2H3. The van der Waals surface area contributed by atoms with E-state index in [1.54, 1.807) is 0 Å². The maximum absolute atomic E-state index is 2.49. The number of para-hydroxylation sites is 1. The summed E-state index contributed by atoms with van der Waals surface area (Å²) in [5, 5.41) is 4.04. The lowest BCUT2D eigenvalue weighted by Gasteiger charge is -2.21. The van der Waals surface area contributed by atoms with Gasteiger partial charge in [-0.1, -0.05) is 74.5 Å². The monoisotopic (exact) mass is 415 g/mol. The van der Waals surface area contributed by atoms with Crippen LogP contribution in [0.3, 0.4) is 0 Å². The average Bonchev–Trinajstić information content (AvgIpc) is 3.41. The Labute approximate surface area is 185 Å². The van der Waals surface area contributed by atoms with E-state index in [0.717, 1.165) is 0 Å². The first-order valence-corrected chi connectivity index (χ1v) is 11.6. The Morgan fingerprint density at radius 2 is 1.39 bits per heavy atom. The van der Waals surface area contributed by atoms with E-state index in [2.05, 4.69) is 109 Å². The van der Waals surface area contributed by atoms with Gasteiger partial charge in [-0.05, 0) is 41.5 Å². The SMILES string of the molecule is CC1(C)c2ccccc2-c2c1c1ccccc1n2-c1ccc2sc3ccccc3c2c1. The van der Waals surface area contributed by atoms with Crippen LogP contribution in [0.5, 0.6) is 0 Å². The van der Waals surface area contributed by atoms with Gasteiger partial charge in [-0.25, -0.2) is 0 Å². The Hall–Kier alpha value is -3.36. The van der Waals surface area contributed by atoms with Crippen molar-refractivity contribution in [3.8, 4) is 16.9 Å². The smallest absolute Gasteiger partial charge is 0.0584 e. The van der Waals surface area contributed by atoms with Gasteiger partial charge in [0.2, 0.25) is 0 Å². The molecule has 148 valence electrons. The molecule has 2 heterocycles. The third kappa shape index (κ3) is 2.15. The van der Waals surface area contributed by atoms with Crippen LogP contribution >= 0.6 is 11.3 Å². The second kappa shape index (κ2) is 5.87. The molecule has 6 aromatic rings. The summed E-state index contributed by atoms with van der Waals surface area (Å²) in [5.41, 5.74) is 8.07. The van der Waals surface area contributed by atoms with Gasteiger partial charge in [0.1, 0.15) is 0 Å². The number of nitrogens with zero attached hydrogens (tertiary/aromatic N) is 1. The van der Waals surface area contributed by atoms with Gasteiger partial charge in [-0.2, -0.15) is 0 Å². The molecule has 0 amide bonds. The minimum Gasteiger partial charge on any atom is -0.309 e. The van der Waals surface area contributed by atoms with Gasteiger partial charge < -0.3 is 4.57 Å². The van der Waals surface area contributed by atoms with Crippen molar-refractivity contribution in [1.29, 1.82) is 0 Å². The molecule has 0 atom stereocenters. The van der Waals surface area contributed by atoms with Crippen molar-refractivity contribution in [2.45, 2.75) is 19.3 Å². The third-order valence-electron chi connectivity index (χ3n) is 6.97. The zero-order chi connectivity index (χ0) is 20.7. The average molecular weight is 416 g/mol. The summed E-state index contributed by atoms with van der Waals surface area (Å²) in [4.78, 5) is 0. The summed E-state index contributed by atoms with van der Waals surface area (Å²) >= 11 is 1.88. The lowest BCUT2D eigenvalue weighted by atomic mass is 9.81. The lowest BCUT2D eigenvalue weighted by molar-refractivity contribution is 0.666. The van der Waals surface area contributed by atoms with Crippen LogP contribution in [0.25, 0.3) is 48.0 Å². The van der Waals surface area contributed by atoms with Crippen LogP contribution in [-0.4, -0.2) is 4.57 Å². The van der Waals surface area contributed by atoms with Crippen molar-refractivity contribution in [1.82, 2.24) is 4.57 Å². The highest BCUT2D eigenvalue weighted by atomic mass is 32.1.